The predicted molar refractivity (Wildman–Crippen MR) is 90.2 cm³/mol. The van der Waals surface area contributed by atoms with Gasteiger partial charge in [-0.3, -0.25) is 0 Å². The first-order chi connectivity index (χ1) is 11.4. The summed E-state index contributed by atoms with van der Waals surface area (Å²) in [6.45, 7) is 0. The van der Waals surface area contributed by atoms with Crippen LogP contribution in [0, 0.1) is 0 Å². The summed E-state index contributed by atoms with van der Waals surface area (Å²) in [5.41, 5.74) is 2.39. The van der Waals surface area contributed by atoms with Gasteiger partial charge in [0, 0.05) is 18.0 Å². The fraction of sp³-hybridized carbons (Fsp3) is 0.158. The molecule has 3 aromatic rings. The molecule has 1 fully saturated rings. The molecule has 23 heavy (non-hydrogen) atoms. The monoisotopic (exact) mass is 303 g/mol. The second-order valence-electron chi connectivity index (χ2n) is 5.65. The number of nitrogens with one attached hydrogen (secondary N) is 1. The molecule has 0 unspecified atom stereocenters. The average molecular weight is 303 g/mol. The van der Waals surface area contributed by atoms with Crippen LogP contribution in [-0.4, -0.2) is 9.97 Å². The minimum absolute atomic E-state index is 0.517. The highest BCUT2D eigenvalue weighted by atomic mass is 16.5. The summed E-state index contributed by atoms with van der Waals surface area (Å²) in [6.07, 6.45) is 4.32. The lowest BCUT2D eigenvalue weighted by Crippen LogP contribution is -1.98. The van der Waals surface area contributed by atoms with E-state index in [0.29, 0.717) is 11.8 Å². The van der Waals surface area contributed by atoms with Gasteiger partial charge >= 0.3 is 0 Å². The first kappa shape index (κ1) is 13.8. The molecule has 1 heterocycles. The highest BCUT2D eigenvalue weighted by Gasteiger charge is 2.22. The molecule has 1 aliphatic carbocycles. The van der Waals surface area contributed by atoms with Crippen molar-refractivity contribution in [1.29, 1.82) is 0 Å². The zero-order valence-electron chi connectivity index (χ0n) is 12.6. The smallest absolute Gasteiger partial charge is 0.230 e. The van der Waals surface area contributed by atoms with E-state index >= 15 is 0 Å². The Bertz CT molecular complexity index is 783. The number of nitrogens with zero attached hydrogens (tertiary/aromatic N) is 2. The van der Waals surface area contributed by atoms with Gasteiger partial charge in [-0.2, -0.15) is 4.98 Å². The zero-order valence-corrected chi connectivity index (χ0v) is 12.6. The molecule has 0 radical (unpaired) electrons. The van der Waals surface area contributed by atoms with E-state index in [4.69, 9.17) is 4.74 Å². The number of rotatable bonds is 5. The van der Waals surface area contributed by atoms with Crippen LogP contribution in [0.15, 0.2) is 66.9 Å². The fourth-order valence-corrected chi connectivity index (χ4v) is 2.45. The van der Waals surface area contributed by atoms with E-state index in [1.165, 1.54) is 18.4 Å². The highest BCUT2D eigenvalue weighted by Crippen LogP contribution is 2.40. The molecule has 2 aromatic carbocycles. The van der Waals surface area contributed by atoms with Crippen LogP contribution in [0.2, 0.25) is 0 Å². The fourth-order valence-electron chi connectivity index (χ4n) is 2.45. The standard InChI is InChI=1S/C19H17N3O/c1-2-4-17(5-3-1)23-18-12-13-20-19(22-18)21-16-10-8-15(9-11-16)14-6-7-14/h1-5,8-14H,6-7H2,(H,20,21,22). The van der Waals surface area contributed by atoms with E-state index in [1.807, 2.05) is 30.3 Å². The molecular formula is C19H17N3O. The largest absolute Gasteiger partial charge is 0.439 e. The molecule has 114 valence electrons. The first-order valence-electron chi connectivity index (χ1n) is 7.80. The quantitative estimate of drug-likeness (QED) is 0.729. The lowest BCUT2D eigenvalue weighted by atomic mass is 10.1. The van der Waals surface area contributed by atoms with Crippen molar-refractivity contribution in [2.24, 2.45) is 0 Å². The van der Waals surface area contributed by atoms with Gasteiger partial charge in [0.15, 0.2) is 0 Å². The summed E-state index contributed by atoms with van der Waals surface area (Å²) in [4.78, 5) is 8.63. The maximum absolute atomic E-state index is 5.72. The predicted octanol–water partition coefficient (Wildman–Crippen LogP) is 4.89. The third kappa shape index (κ3) is 3.48. The van der Waals surface area contributed by atoms with Crippen LogP contribution in [0.5, 0.6) is 11.6 Å². The average Bonchev–Trinajstić information content (AvgIpc) is 3.42. The molecule has 0 aliphatic heterocycles. The Balaban J connectivity index is 1.47. The molecule has 0 atom stereocenters. The van der Waals surface area contributed by atoms with E-state index in [-0.39, 0.29) is 0 Å². The van der Waals surface area contributed by atoms with E-state index in [1.54, 1.807) is 12.3 Å². The number of benzene rings is 2. The van der Waals surface area contributed by atoms with Gasteiger partial charge in [0.1, 0.15) is 5.75 Å². The highest BCUT2D eigenvalue weighted by molar-refractivity contribution is 5.54. The number of hydrogen-bond acceptors (Lipinski definition) is 4. The van der Waals surface area contributed by atoms with Crippen molar-refractivity contribution in [1.82, 2.24) is 9.97 Å². The molecule has 1 aromatic heterocycles. The van der Waals surface area contributed by atoms with Gasteiger partial charge in [0.2, 0.25) is 11.8 Å². The van der Waals surface area contributed by atoms with Crippen molar-refractivity contribution in [3.8, 4) is 11.6 Å². The first-order valence-corrected chi connectivity index (χ1v) is 7.80. The molecule has 0 amide bonds. The Morgan fingerprint density at radius 2 is 1.70 bits per heavy atom. The molecule has 1 saturated carbocycles. The van der Waals surface area contributed by atoms with Crippen molar-refractivity contribution in [2.45, 2.75) is 18.8 Å². The zero-order chi connectivity index (χ0) is 15.5. The Hall–Kier alpha value is -2.88. The molecule has 4 heteroatoms. The van der Waals surface area contributed by atoms with Crippen molar-refractivity contribution in [3.63, 3.8) is 0 Å². The van der Waals surface area contributed by atoms with Crippen LogP contribution in [0.1, 0.15) is 24.3 Å². The topological polar surface area (TPSA) is 47.0 Å². The summed E-state index contributed by atoms with van der Waals surface area (Å²) >= 11 is 0. The molecule has 0 saturated heterocycles. The van der Waals surface area contributed by atoms with Crippen LogP contribution in [0.3, 0.4) is 0 Å². The van der Waals surface area contributed by atoms with Crippen LogP contribution in [0.4, 0.5) is 11.6 Å². The Kier molecular flexibility index (Phi) is 3.64. The summed E-state index contributed by atoms with van der Waals surface area (Å²) < 4.78 is 5.72. The van der Waals surface area contributed by atoms with E-state index in [9.17, 15) is 0 Å². The second kappa shape index (κ2) is 6.08. The SMILES string of the molecule is c1ccc(Oc2ccnc(Nc3ccc(C4CC4)cc3)n2)cc1. The molecule has 0 spiro atoms. The van der Waals surface area contributed by atoms with Gasteiger partial charge in [-0.25, -0.2) is 4.98 Å². The molecule has 1 aliphatic rings. The van der Waals surface area contributed by atoms with Gasteiger partial charge in [-0.05, 0) is 48.6 Å². The van der Waals surface area contributed by atoms with Crippen molar-refractivity contribution in [2.75, 3.05) is 5.32 Å². The third-order valence-electron chi connectivity index (χ3n) is 3.81. The molecule has 4 rings (SSSR count). The van der Waals surface area contributed by atoms with Crippen molar-refractivity contribution in [3.05, 3.63) is 72.4 Å². The maximum atomic E-state index is 5.72. The summed E-state index contributed by atoms with van der Waals surface area (Å²) in [5.74, 6) is 2.56. The van der Waals surface area contributed by atoms with E-state index in [0.717, 1.165) is 17.4 Å². The molecular weight excluding hydrogens is 286 g/mol. The number of hydrogen-bond donors (Lipinski definition) is 1. The maximum Gasteiger partial charge on any atom is 0.230 e. The van der Waals surface area contributed by atoms with Gasteiger partial charge in [-0.15, -0.1) is 0 Å². The Morgan fingerprint density at radius 1 is 0.913 bits per heavy atom. The summed E-state index contributed by atoms with van der Waals surface area (Å²) in [5, 5.41) is 3.21. The van der Waals surface area contributed by atoms with Crippen LogP contribution < -0.4 is 10.1 Å². The minimum Gasteiger partial charge on any atom is -0.439 e. The Labute approximate surface area is 135 Å². The van der Waals surface area contributed by atoms with Crippen molar-refractivity contribution < 1.29 is 4.74 Å². The molecule has 1 N–H and O–H groups in total. The lowest BCUT2D eigenvalue weighted by Gasteiger charge is -2.08. The molecule has 4 nitrogen and oxygen atoms in total. The number of anilines is 2. The van der Waals surface area contributed by atoms with Gasteiger partial charge in [0.25, 0.3) is 0 Å². The summed E-state index contributed by atoms with van der Waals surface area (Å²) in [6, 6.07) is 19.8. The lowest BCUT2D eigenvalue weighted by molar-refractivity contribution is 0.462. The minimum atomic E-state index is 0.517. The molecule has 0 bridgehead atoms. The van der Waals surface area contributed by atoms with Gasteiger partial charge in [0.05, 0.1) is 0 Å². The van der Waals surface area contributed by atoms with Gasteiger partial charge in [-0.1, -0.05) is 30.3 Å². The number of ether oxygens (including phenoxy) is 1. The normalized spacial score (nSPS) is 13.6. The van der Waals surface area contributed by atoms with E-state index in [2.05, 4.69) is 39.6 Å². The second-order valence-corrected chi connectivity index (χ2v) is 5.65. The van der Waals surface area contributed by atoms with Crippen molar-refractivity contribution >= 4 is 11.6 Å². The third-order valence-corrected chi connectivity index (χ3v) is 3.81. The van der Waals surface area contributed by atoms with Crippen LogP contribution in [-0.2, 0) is 0 Å². The van der Waals surface area contributed by atoms with E-state index < -0.39 is 0 Å². The Morgan fingerprint density at radius 3 is 2.43 bits per heavy atom. The van der Waals surface area contributed by atoms with Crippen LogP contribution in [0.25, 0.3) is 0 Å². The van der Waals surface area contributed by atoms with Gasteiger partial charge < -0.3 is 10.1 Å². The van der Waals surface area contributed by atoms with Crippen LogP contribution >= 0.6 is 0 Å². The number of para-hydroxylation sites is 1. The summed E-state index contributed by atoms with van der Waals surface area (Å²) in [7, 11) is 0. The number of aromatic nitrogens is 2.